The van der Waals surface area contributed by atoms with Crippen LogP contribution in [-0.2, 0) is 19.5 Å². The second kappa shape index (κ2) is 5.81. The molecule has 1 atom stereocenters. The lowest BCUT2D eigenvalue weighted by Crippen LogP contribution is -2.13. The van der Waals surface area contributed by atoms with Crippen LogP contribution in [0.15, 0.2) is 23.0 Å². The molecule has 1 aromatic heterocycles. The standard InChI is InChI=1S/C15H18N2O2S/c1-10-3-11-4-14(18-2)12(5-15(11)19-10)6-16-7-13-8-20-9-17-13/h4-5,8-10,16H,3,6-7H2,1-2H3. The number of ether oxygens (including phenoxy) is 2. The molecule has 106 valence electrons. The maximum Gasteiger partial charge on any atom is 0.123 e. The van der Waals surface area contributed by atoms with Crippen molar-refractivity contribution in [1.29, 1.82) is 0 Å². The van der Waals surface area contributed by atoms with E-state index in [-0.39, 0.29) is 6.10 Å². The molecule has 2 heterocycles. The maximum absolute atomic E-state index is 5.81. The summed E-state index contributed by atoms with van der Waals surface area (Å²) in [5.41, 5.74) is 5.27. The molecule has 3 rings (SSSR count). The summed E-state index contributed by atoms with van der Waals surface area (Å²) in [6, 6.07) is 4.18. The van der Waals surface area contributed by atoms with Gasteiger partial charge < -0.3 is 14.8 Å². The molecule has 1 aromatic carbocycles. The van der Waals surface area contributed by atoms with Gasteiger partial charge in [0.1, 0.15) is 17.6 Å². The van der Waals surface area contributed by atoms with Crippen molar-refractivity contribution in [2.75, 3.05) is 7.11 Å². The highest BCUT2D eigenvalue weighted by Gasteiger charge is 2.21. The number of fused-ring (bicyclic) bond motifs is 1. The van der Waals surface area contributed by atoms with E-state index in [1.165, 1.54) is 5.56 Å². The smallest absolute Gasteiger partial charge is 0.123 e. The van der Waals surface area contributed by atoms with Crippen molar-refractivity contribution in [2.45, 2.75) is 32.5 Å². The SMILES string of the molecule is COc1cc2c(cc1CNCc1cscn1)OC(C)C2. The summed E-state index contributed by atoms with van der Waals surface area (Å²) in [5, 5.41) is 5.44. The first-order chi connectivity index (χ1) is 9.76. The van der Waals surface area contributed by atoms with Crippen molar-refractivity contribution in [1.82, 2.24) is 10.3 Å². The third-order valence-electron chi connectivity index (χ3n) is 3.40. The van der Waals surface area contributed by atoms with Crippen LogP contribution in [-0.4, -0.2) is 18.2 Å². The van der Waals surface area contributed by atoms with Gasteiger partial charge in [-0.1, -0.05) is 0 Å². The number of aromatic nitrogens is 1. The number of hydrogen-bond donors (Lipinski definition) is 1. The van der Waals surface area contributed by atoms with Crippen LogP contribution in [0.2, 0.25) is 0 Å². The highest BCUT2D eigenvalue weighted by atomic mass is 32.1. The molecule has 4 nitrogen and oxygen atoms in total. The lowest BCUT2D eigenvalue weighted by atomic mass is 10.1. The van der Waals surface area contributed by atoms with E-state index < -0.39 is 0 Å². The van der Waals surface area contributed by atoms with Gasteiger partial charge in [0.15, 0.2) is 0 Å². The van der Waals surface area contributed by atoms with Gasteiger partial charge >= 0.3 is 0 Å². The molecule has 1 N–H and O–H groups in total. The second-order valence-corrected chi connectivity index (χ2v) is 5.71. The van der Waals surface area contributed by atoms with E-state index in [9.17, 15) is 0 Å². The topological polar surface area (TPSA) is 43.4 Å². The minimum atomic E-state index is 0.257. The van der Waals surface area contributed by atoms with Crippen LogP contribution in [0.4, 0.5) is 0 Å². The fourth-order valence-corrected chi connectivity index (χ4v) is 3.02. The molecule has 1 unspecified atom stereocenters. The highest BCUT2D eigenvalue weighted by molar-refractivity contribution is 7.07. The van der Waals surface area contributed by atoms with Crippen molar-refractivity contribution < 1.29 is 9.47 Å². The summed E-state index contributed by atoms with van der Waals surface area (Å²) < 4.78 is 11.3. The van der Waals surface area contributed by atoms with E-state index in [1.807, 2.05) is 5.51 Å². The molecule has 2 aromatic rings. The van der Waals surface area contributed by atoms with Gasteiger partial charge in [0, 0.05) is 36.0 Å². The van der Waals surface area contributed by atoms with Crippen molar-refractivity contribution >= 4 is 11.3 Å². The number of nitrogens with one attached hydrogen (secondary N) is 1. The molecule has 0 radical (unpaired) electrons. The van der Waals surface area contributed by atoms with Crippen LogP contribution in [0.1, 0.15) is 23.7 Å². The molecule has 0 aliphatic carbocycles. The van der Waals surface area contributed by atoms with Gasteiger partial charge in [-0.3, -0.25) is 0 Å². The number of nitrogens with zero attached hydrogens (tertiary/aromatic N) is 1. The van der Waals surface area contributed by atoms with Crippen LogP contribution in [0.25, 0.3) is 0 Å². The van der Waals surface area contributed by atoms with Gasteiger partial charge in [0.25, 0.3) is 0 Å². The fraction of sp³-hybridized carbons (Fsp3) is 0.400. The average molecular weight is 290 g/mol. The Hall–Kier alpha value is -1.59. The molecule has 0 saturated heterocycles. The monoisotopic (exact) mass is 290 g/mol. The number of rotatable bonds is 5. The zero-order valence-electron chi connectivity index (χ0n) is 11.7. The summed E-state index contributed by atoms with van der Waals surface area (Å²) in [6.07, 6.45) is 1.21. The quantitative estimate of drug-likeness (QED) is 0.919. The lowest BCUT2D eigenvalue weighted by Gasteiger charge is -2.11. The Morgan fingerprint density at radius 3 is 3.10 bits per heavy atom. The Morgan fingerprint density at radius 2 is 2.35 bits per heavy atom. The molecule has 0 fully saturated rings. The number of methoxy groups -OCH3 is 1. The van der Waals surface area contributed by atoms with Gasteiger partial charge in [-0.15, -0.1) is 11.3 Å². The predicted molar refractivity (Wildman–Crippen MR) is 79.4 cm³/mol. The van der Waals surface area contributed by atoms with Gasteiger partial charge in [-0.25, -0.2) is 4.98 Å². The van der Waals surface area contributed by atoms with E-state index in [4.69, 9.17) is 9.47 Å². The summed E-state index contributed by atoms with van der Waals surface area (Å²) in [5.74, 6) is 1.91. The van der Waals surface area contributed by atoms with Gasteiger partial charge in [-0.2, -0.15) is 0 Å². The van der Waals surface area contributed by atoms with Crippen molar-refractivity contribution in [3.8, 4) is 11.5 Å². The summed E-state index contributed by atoms with van der Waals surface area (Å²) in [7, 11) is 1.71. The third kappa shape index (κ3) is 2.78. The maximum atomic E-state index is 5.81. The van der Waals surface area contributed by atoms with E-state index >= 15 is 0 Å². The molecule has 1 aliphatic rings. The van der Waals surface area contributed by atoms with Crippen LogP contribution in [0, 0.1) is 0 Å². The highest BCUT2D eigenvalue weighted by Crippen LogP contribution is 2.34. The average Bonchev–Trinajstić information content (AvgIpc) is 3.05. The van der Waals surface area contributed by atoms with Crippen LogP contribution in [0.3, 0.4) is 0 Å². The number of thiazole rings is 1. The predicted octanol–water partition coefficient (Wildman–Crippen LogP) is 2.76. The molecule has 0 bridgehead atoms. The summed E-state index contributed by atoms with van der Waals surface area (Å²) in [4.78, 5) is 4.26. The molecular formula is C15H18N2O2S. The Morgan fingerprint density at radius 1 is 1.45 bits per heavy atom. The zero-order valence-corrected chi connectivity index (χ0v) is 12.5. The van der Waals surface area contributed by atoms with Gasteiger partial charge in [0.05, 0.1) is 18.3 Å². The molecule has 0 amide bonds. The molecule has 1 aliphatic heterocycles. The van der Waals surface area contributed by atoms with Crippen molar-refractivity contribution in [3.05, 3.63) is 39.8 Å². The molecule has 0 spiro atoms. The number of benzene rings is 1. The first-order valence-electron chi connectivity index (χ1n) is 6.70. The fourth-order valence-electron chi connectivity index (χ4n) is 2.46. The minimum absolute atomic E-state index is 0.257. The van der Waals surface area contributed by atoms with Gasteiger partial charge in [-0.05, 0) is 19.1 Å². The number of hydrogen-bond acceptors (Lipinski definition) is 5. The Balaban J connectivity index is 1.70. The van der Waals surface area contributed by atoms with Crippen molar-refractivity contribution in [2.24, 2.45) is 0 Å². The molecular weight excluding hydrogens is 272 g/mol. The molecule has 0 saturated carbocycles. The first kappa shape index (κ1) is 13.4. The largest absolute Gasteiger partial charge is 0.496 e. The third-order valence-corrected chi connectivity index (χ3v) is 4.04. The second-order valence-electron chi connectivity index (χ2n) is 4.99. The Kier molecular flexibility index (Phi) is 3.89. The van der Waals surface area contributed by atoms with E-state index in [2.05, 4.69) is 34.7 Å². The summed E-state index contributed by atoms with van der Waals surface area (Å²) >= 11 is 1.61. The zero-order chi connectivity index (χ0) is 13.9. The van der Waals surface area contributed by atoms with E-state index in [0.29, 0.717) is 0 Å². The summed E-state index contributed by atoms with van der Waals surface area (Å²) in [6.45, 7) is 3.60. The molecule has 5 heteroatoms. The van der Waals surface area contributed by atoms with E-state index in [0.717, 1.165) is 42.3 Å². The minimum Gasteiger partial charge on any atom is -0.496 e. The first-order valence-corrected chi connectivity index (χ1v) is 7.64. The Bertz CT molecular complexity index is 584. The van der Waals surface area contributed by atoms with Crippen LogP contribution < -0.4 is 14.8 Å². The van der Waals surface area contributed by atoms with E-state index in [1.54, 1.807) is 18.4 Å². The van der Waals surface area contributed by atoms with Gasteiger partial charge in [0.2, 0.25) is 0 Å². The lowest BCUT2D eigenvalue weighted by molar-refractivity contribution is 0.254. The van der Waals surface area contributed by atoms with Crippen LogP contribution >= 0.6 is 11.3 Å². The van der Waals surface area contributed by atoms with Crippen LogP contribution in [0.5, 0.6) is 11.5 Å². The Labute approximate surface area is 122 Å². The van der Waals surface area contributed by atoms with Crippen molar-refractivity contribution in [3.63, 3.8) is 0 Å². The molecule has 20 heavy (non-hydrogen) atoms. The normalized spacial score (nSPS) is 16.8.